The number of nitrogens with one attached hydrogen (secondary N) is 1. The second kappa shape index (κ2) is 9.95. The fraction of sp³-hybridized carbons (Fsp3) is 0.389. The summed E-state index contributed by atoms with van der Waals surface area (Å²) >= 11 is 6.03. The molecule has 3 N–H and O–H groups in total. The first kappa shape index (κ1) is 21.5. The normalized spacial score (nSPS) is 10.7. The van der Waals surface area contributed by atoms with E-state index in [2.05, 4.69) is 4.98 Å². The summed E-state index contributed by atoms with van der Waals surface area (Å²) in [6.45, 7) is 2.00. The largest absolute Gasteiger partial charge is 0.482 e. The first-order chi connectivity index (χ1) is 13.4. The molecule has 2 aromatic rings. The van der Waals surface area contributed by atoms with Gasteiger partial charge in [0.25, 0.3) is 11.5 Å². The Kier molecular flexibility index (Phi) is 7.65. The molecule has 0 saturated carbocycles. The molecule has 1 amide bonds. The van der Waals surface area contributed by atoms with Gasteiger partial charge in [0.1, 0.15) is 11.6 Å². The summed E-state index contributed by atoms with van der Waals surface area (Å²) in [7, 11) is 1.47. The molecule has 0 unspecified atom stereocenters. The van der Waals surface area contributed by atoms with Gasteiger partial charge in [-0.3, -0.25) is 24.0 Å². The van der Waals surface area contributed by atoms with E-state index in [-0.39, 0.29) is 31.3 Å². The van der Waals surface area contributed by atoms with Crippen LogP contribution in [0.3, 0.4) is 0 Å². The second-order valence-corrected chi connectivity index (χ2v) is 6.31. The number of nitrogens with zero attached hydrogens (tertiary/aromatic N) is 2. The minimum atomic E-state index is -0.753. The third-order valence-electron chi connectivity index (χ3n) is 3.94. The molecule has 0 aliphatic rings. The van der Waals surface area contributed by atoms with E-state index >= 15 is 0 Å². The fourth-order valence-electron chi connectivity index (χ4n) is 2.61. The van der Waals surface area contributed by atoms with Crippen LogP contribution in [-0.2, 0) is 16.1 Å². The summed E-state index contributed by atoms with van der Waals surface area (Å²) in [4.78, 5) is 40.6. The van der Waals surface area contributed by atoms with Crippen LogP contribution in [0.5, 0.6) is 5.75 Å². The number of halogens is 1. The molecule has 0 saturated heterocycles. The molecule has 152 valence electrons. The van der Waals surface area contributed by atoms with Gasteiger partial charge in [0.2, 0.25) is 0 Å². The number of nitrogens with two attached hydrogens (primary N) is 1. The number of carbonyl (C=O) groups is 1. The van der Waals surface area contributed by atoms with E-state index in [0.717, 1.165) is 4.90 Å². The molecule has 0 fully saturated rings. The SMILES string of the molecule is CCCn1c(N)c(N(CCOC)C(=O)COc2ccccc2Cl)c(=O)[nH]c1=O. The maximum atomic E-state index is 12.8. The van der Waals surface area contributed by atoms with Gasteiger partial charge in [-0.05, 0) is 18.6 Å². The van der Waals surface area contributed by atoms with Crippen molar-refractivity contribution in [2.75, 3.05) is 37.5 Å². The highest BCUT2D eigenvalue weighted by atomic mass is 35.5. The predicted molar refractivity (Wildman–Crippen MR) is 107 cm³/mol. The number of para-hydroxylation sites is 1. The summed E-state index contributed by atoms with van der Waals surface area (Å²) in [6, 6.07) is 6.71. The summed E-state index contributed by atoms with van der Waals surface area (Å²) in [5, 5.41) is 0.354. The van der Waals surface area contributed by atoms with E-state index in [1.165, 1.54) is 11.7 Å². The number of nitrogen functional groups attached to an aromatic ring is 1. The van der Waals surface area contributed by atoms with Crippen LogP contribution in [-0.4, -0.2) is 42.3 Å². The van der Waals surface area contributed by atoms with E-state index in [1.54, 1.807) is 24.3 Å². The topological polar surface area (TPSA) is 120 Å². The predicted octanol–water partition coefficient (Wildman–Crippen LogP) is 1.24. The average Bonchev–Trinajstić information content (AvgIpc) is 2.66. The van der Waals surface area contributed by atoms with Crippen LogP contribution in [0.15, 0.2) is 33.9 Å². The highest BCUT2D eigenvalue weighted by Crippen LogP contribution is 2.23. The highest BCUT2D eigenvalue weighted by Gasteiger charge is 2.24. The van der Waals surface area contributed by atoms with Crippen molar-refractivity contribution in [3.05, 3.63) is 50.1 Å². The Morgan fingerprint density at radius 1 is 1.32 bits per heavy atom. The van der Waals surface area contributed by atoms with Crippen LogP contribution in [0.25, 0.3) is 0 Å². The zero-order valence-corrected chi connectivity index (χ0v) is 16.5. The van der Waals surface area contributed by atoms with Gasteiger partial charge in [0.15, 0.2) is 12.3 Å². The number of amides is 1. The number of anilines is 2. The van der Waals surface area contributed by atoms with Crippen LogP contribution in [0, 0.1) is 0 Å². The van der Waals surface area contributed by atoms with Crippen LogP contribution in [0.4, 0.5) is 11.5 Å². The Hall–Kier alpha value is -2.78. The van der Waals surface area contributed by atoms with Crippen LogP contribution in [0.2, 0.25) is 5.02 Å². The molecule has 1 aromatic carbocycles. The fourth-order valence-corrected chi connectivity index (χ4v) is 2.80. The quantitative estimate of drug-likeness (QED) is 0.641. The van der Waals surface area contributed by atoms with Gasteiger partial charge in [-0.15, -0.1) is 0 Å². The molecule has 0 aliphatic carbocycles. The molecule has 1 aromatic heterocycles. The number of aromatic amines is 1. The lowest BCUT2D eigenvalue weighted by Crippen LogP contribution is -2.44. The molecule has 10 heteroatoms. The average molecular weight is 411 g/mol. The second-order valence-electron chi connectivity index (χ2n) is 5.90. The first-order valence-electron chi connectivity index (χ1n) is 8.69. The number of ether oxygens (including phenoxy) is 2. The summed E-state index contributed by atoms with van der Waals surface area (Å²) in [5.41, 5.74) is 4.57. The lowest BCUT2D eigenvalue weighted by Gasteiger charge is -2.24. The molecule has 0 spiro atoms. The van der Waals surface area contributed by atoms with Gasteiger partial charge in [-0.1, -0.05) is 30.7 Å². The Morgan fingerprint density at radius 2 is 2.04 bits per heavy atom. The molecule has 9 nitrogen and oxygen atoms in total. The van der Waals surface area contributed by atoms with Gasteiger partial charge < -0.3 is 15.2 Å². The van der Waals surface area contributed by atoms with Crippen LogP contribution < -0.4 is 26.6 Å². The minimum Gasteiger partial charge on any atom is -0.482 e. The van der Waals surface area contributed by atoms with E-state index < -0.39 is 17.2 Å². The van der Waals surface area contributed by atoms with E-state index in [4.69, 9.17) is 26.8 Å². The van der Waals surface area contributed by atoms with Crippen molar-refractivity contribution in [1.82, 2.24) is 9.55 Å². The Balaban J connectivity index is 2.36. The standard InChI is InChI=1S/C18H23ClN4O5/c1-3-8-23-16(20)15(17(25)21-18(23)26)22(9-10-27-2)14(24)11-28-13-7-5-4-6-12(13)19/h4-7H,3,8-11,20H2,1-2H3,(H,21,25,26). The molecular formula is C18H23ClN4O5. The summed E-state index contributed by atoms with van der Waals surface area (Å²) in [5.74, 6) is -0.282. The van der Waals surface area contributed by atoms with Crippen molar-refractivity contribution >= 4 is 29.0 Å². The van der Waals surface area contributed by atoms with Gasteiger partial charge in [0.05, 0.1) is 11.6 Å². The Labute approximate surface area is 166 Å². The Morgan fingerprint density at radius 3 is 2.68 bits per heavy atom. The number of methoxy groups -OCH3 is 1. The van der Waals surface area contributed by atoms with Crippen LogP contribution in [0.1, 0.15) is 13.3 Å². The zero-order valence-electron chi connectivity index (χ0n) is 15.7. The summed E-state index contributed by atoms with van der Waals surface area (Å²) in [6.07, 6.45) is 0.622. The molecule has 1 heterocycles. The van der Waals surface area contributed by atoms with Crippen molar-refractivity contribution in [2.45, 2.75) is 19.9 Å². The number of hydrogen-bond donors (Lipinski definition) is 2. The van der Waals surface area contributed by atoms with Crippen molar-refractivity contribution in [3.8, 4) is 5.75 Å². The smallest absolute Gasteiger partial charge is 0.330 e. The zero-order chi connectivity index (χ0) is 20.7. The third kappa shape index (κ3) is 4.93. The number of aromatic nitrogens is 2. The molecular weight excluding hydrogens is 388 g/mol. The summed E-state index contributed by atoms with van der Waals surface area (Å²) < 4.78 is 11.7. The number of rotatable bonds is 9. The van der Waals surface area contributed by atoms with Crippen molar-refractivity contribution < 1.29 is 14.3 Å². The lowest BCUT2D eigenvalue weighted by atomic mass is 10.3. The minimum absolute atomic E-state index is 0.0544. The van der Waals surface area contributed by atoms with Crippen molar-refractivity contribution in [3.63, 3.8) is 0 Å². The maximum absolute atomic E-state index is 12.8. The molecule has 0 atom stereocenters. The number of carbonyl (C=O) groups excluding carboxylic acids is 1. The molecule has 0 aliphatic heterocycles. The van der Waals surface area contributed by atoms with E-state index in [1.807, 2.05) is 6.92 Å². The third-order valence-corrected chi connectivity index (χ3v) is 4.25. The van der Waals surface area contributed by atoms with Crippen molar-refractivity contribution in [1.29, 1.82) is 0 Å². The van der Waals surface area contributed by atoms with Gasteiger partial charge in [-0.2, -0.15) is 0 Å². The van der Waals surface area contributed by atoms with E-state index in [0.29, 0.717) is 23.7 Å². The number of hydrogen-bond acceptors (Lipinski definition) is 6. The monoisotopic (exact) mass is 410 g/mol. The number of H-pyrrole nitrogens is 1. The van der Waals surface area contributed by atoms with Gasteiger partial charge >= 0.3 is 5.69 Å². The molecule has 0 bridgehead atoms. The molecule has 0 radical (unpaired) electrons. The Bertz CT molecular complexity index is 940. The van der Waals surface area contributed by atoms with Crippen LogP contribution >= 0.6 is 11.6 Å². The molecule has 2 rings (SSSR count). The molecule has 28 heavy (non-hydrogen) atoms. The maximum Gasteiger partial charge on any atom is 0.330 e. The lowest BCUT2D eigenvalue weighted by molar-refractivity contribution is -0.120. The van der Waals surface area contributed by atoms with E-state index in [9.17, 15) is 14.4 Å². The van der Waals surface area contributed by atoms with Gasteiger partial charge in [0, 0.05) is 20.2 Å². The van der Waals surface area contributed by atoms with Gasteiger partial charge in [-0.25, -0.2) is 4.79 Å². The highest BCUT2D eigenvalue weighted by molar-refractivity contribution is 6.32. The number of benzene rings is 1. The first-order valence-corrected chi connectivity index (χ1v) is 9.07. The van der Waals surface area contributed by atoms with Crippen molar-refractivity contribution in [2.24, 2.45) is 0 Å².